The lowest BCUT2D eigenvalue weighted by Gasteiger charge is -2.30. The maximum absolute atomic E-state index is 13.2. The third-order valence-corrected chi connectivity index (χ3v) is 7.07. The number of hydrogen-bond acceptors (Lipinski definition) is 5. The number of nitro groups is 1. The van der Waals surface area contributed by atoms with Crippen molar-refractivity contribution in [1.82, 2.24) is 4.90 Å². The molecule has 2 aliphatic heterocycles. The lowest BCUT2D eigenvalue weighted by molar-refractivity contribution is -0.534. The van der Waals surface area contributed by atoms with E-state index in [1.807, 2.05) is 53.4 Å². The van der Waals surface area contributed by atoms with Crippen LogP contribution < -0.4 is 10.1 Å². The van der Waals surface area contributed by atoms with Crippen molar-refractivity contribution < 1.29 is 14.5 Å². The number of ether oxygens (including phenoxy) is 1. The van der Waals surface area contributed by atoms with Crippen molar-refractivity contribution >= 4 is 23.2 Å². The normalized spacial score (nSPS) is 24.0. The molecule has 3 atom stereocenters. The van der Waals surface area contributed by atoms with E-state index in [0.717, 1.165) is 11.1 Å². The zero-order valence-corrected chi connectivity index (χ0v) is 18.7. The van der Waals surface area contributed by atoms with Crippen molar-refractivity contribution in [2.45, 2.75) is 24.1 Å². The molecule has 0 unspecified atom stereocenters. The summed E-state index contributed by atoms with van der Waals surface area (Å²) in [6, 6.07) is 20.8. The lowest BCUT2D eigenvalue weighted by Crippen LogP contribution is -2.54. The van der Waals surface area contributed by atoms with Gasteiger partial charge in [0.2, 0.25) is 0 Å². The monoisotopic (exact) mass is 463 g/mol. The molecule has 1 amide bonds. The number of likely N-dealkylation sites (tertiary alicyclic amines) is 1. The molecule has 33 heavy (non-hydrogen) atoms. The molecule has 3 aromatic carbocycles. The van der Waals surface area contributed by atoms with Crippen molar-refractivity contribution in [1.29, 1.82) is 0 Å². The minimum atomic E-state index is -1.34. The third-order valence-electron chi connectivity index (χ3n) is 6.70. The minimum Gasteiger partial charge on any atom is -0.489 e. The Labute approximate surface area is 196 Å². The first-order chi connectivity index (χ1) is 15.9. The number of anilines is 1. The van der Waals surface area contributed by atoms with Crippen LogP contribution in [0, 0.1) is 10.1 Å². The van der Waals surface area contributed by atoms with Crippen molar-refractivity contribution in [2.24, 2.45) is 0 Å². The second-order valence-corrected chi connectivity index (χ2v) is 8.84. The van der Waals surface area contributed by atoms with E-state index in [0.29, 0.717) is 35.2 Å². The fourth-order valence-corrected chi connectivity index (χ4v) is 5.36. The number of amides is 1. The van der Waals surface area contributed by atoms with Gasteiger partial charge in [0.25, 0.3) is 11.9 Å². The highest BCUT2D eigenvalue weighted by atomic mass is 35.5. The van der Waals surface area contributed by atoms with Gasteiger partial charge >= 0.3 is 0 Å². The van der Waals surface area contributed by atoms with Crippen LogP contribution in [-0.2, 0) is 16.9 Å². The zero-order valence-electron chi connectivity index (χ0n) is 17.9. The predicted molar refractivity (Wildman–Crippen MR) is 125 cm³/mol. The first-order valence-corrected chi connectivity index (χ1v) is 11.0. The van der Waals surface area contributed by atoms with Gasteiger partial charge in [0, 0.05) is 33.3 Å². The molecule has 0 saturated carbocycles. The van der Waals surface area contributed by atoms with E-state index in [4.69, 9.17) is 16.3 Å². The highest BCUT2D eigenvalue weighted by Gasteiger charge is 2.68. The maximum Gasteiger partial charge on any atom is 0.256 e. The molecular weight excluding hydrogens is 442 g/mol. The van der Waals surface area contributed by atoms with Gasteiger partial charge in [-0.15, -0.1) is 0 Å². The Morgan fingerprint density at radius 1 is 1.12 bits per heavy atom. The fraction of sp³-hybridized carbons (Fsp3) is 0.240. The lowest BCUT2D eigenvalue weighted by atomic mass is 9.79. The standard InChI is InChI=1S/C25H22ClN3O4/c1-28-14-19(16-10-12-18(13-11-16)33-15-17-6-2-4-8-21(17)26)23(29(31)32)25(28)20-7-3-5-9-22(20)27-24(25)30/h2-13,19,23H,14-15H2,1H3,(H,27,30)/t19-,23+,25-/m1/s1. The third kappa shape index (κ3) is 3.35. The van der Waals surface area contributed by atoms with Gasteiger partial charge in [0.15, 0.2) is 5.54 Å². The largest absolute Gasteiger partial charge is 0.489 e. The Kier molecular flexibility index (Phi) is 5.31. The molecule has 7 nitrogen and oxygen atoms in total. The number of carbonyl (C=O) groups is 1. The Bertz CT molecular complexity index is 1230. The molecule has 0 aliphatic carbocycles. The predicted octanol–water partition coefficient (Wildman–Crippen LogP) is 4.44. The van der Waals surface area contributed by atoms with Crippen molar-refractivity contribution in [3.63, 3.8) is 0 Å². The molecule has 1 saturated heterocycles. The number of carbonyl (C=O) groups excluding carboxylic acids is 1. The molecule has 0 bridgehead atoms. The first kappa shape index (κ1) is 21.4. The summed E-state index contributed by atoms with van der Waals surface area (Å²) in [7, 11) is 1.78. The van der Waals surface area contributed by atoms with Gasteiger partial charge in [0.05, 0.1) is 5.92 Å². The number of rotatable bonds is 5. The van der Waals surface area contributed by atoms with E-state index in [1.54, 1.807) is 31.3 Å². The van der Waals surface area contributed by atoms with Crippen molar-refractivity contribution in [3.8, 4) is 5.75 Å². The van der Waals surface area contributed by atoms with Crippen molar-refractivity contribution in [3.05, 3.63) is 105 Å². The van der Waals surface area contributed by atoms with Crippen LogP contribution in [0.4, 0.5) is 5.69 Å². The molecule has 5 rings (SSSR count). The van der Waals surface area contributed by atoms with Gasteiger partial charge < -0.3 is 10.1 Å². The van der Waals surface area contributed by atoms with Crippen LogP contribution >= 0.6 is 11.6 Å². The van der Waals surface area contributed by atoms with E-state index in [2.05, 4.69) is 5.32 Å². The van der Waals surface area contributed by atoms with Crippen LogP contribution in [-0.4, -0.2) is 35.4 Å². The highest BCUT2D eigenvalue weighted by molar-refractivity contribution is 6.31. The summed E-state index contributed by atoms with van der Waals surface area (Å²) in [6.45, 7) is 0.704. The van der Waals surface area contributed by atoms with Crippen LogP contribution in [0.15, 0.2) is 72.8 Å². The number of benzene rings is 3. The molecule has 0 aromatic heterocycles. The molecule has 0 radical (unpaired) electrons. The summed E-state index contributed by atoms with van der Waals surface area (Å²) in [6.07, 6.45) is 0. The van der Waals surface area contributed by atoms with Crippen LogP contribution in [0.25, 0.3) is 0 Å². The number of fused-ring (bicyclic) bond motifs is 2. The van der Waals surface area contributed by atoms with Gasteiger partial charge in [-0.05, 0) is 36.9 Å². The number of nitrogens with zero attached hydrogens (tertiary/aromatic N) is 2. The Balaban J connectivity index is 1.43. The van der Waals surface area contributed by atoms with Crippen LogP contribution in [0.3, 0.4) is 0 Å². The summed E-state index contributed by atoms with van der Waals surface area (Å²) < 4.78 is 5.85. The minimum absolute atomic E-state index is 0.308. The van der Waals surface area contributed by atoms with E-state index >= 15 is 0 Å². The topological polar surface area (TPSA) is 84.7 Å². The molecule has 3 aromatic rings. The summed E-state index contributed by atoms with van der Waals surface area (Å²) in [5.41, 5.74) is 1.61. The molecule has 168 valence electrons. The second-order valence-electron chi connectivity index (χ2n) is 8.43. The fourth-order valence-electron chi connectivity index (χ4n) is 5.17. The molecule has 8 heteroatoms. The summed E-state index contributed by atoms with van der Waals surface area (Å²) in [4.78, 5) is 27.0. The van der Waals surface area contributed by atoms with Gasteiger partial charge in [0.1, 0.15) is 12.4 Å². The Morgan fingerprint density at radius 3 is 2.55 bits per heavy atom. The second kappa shape index (κ2) is 8.17. The highest BCUT2D eigenvalue weighted by Crippen LogP contribution is 2.51. The molecular formula is C25H22ClN3O4. The number of hydrogen-bond donors (Lipinski definition) is 1. The van der Waals surface area contributed by atoms with Crippen molar-refractivity contribution in [2.75, 3.05) is 18.9 Å². The number of para-hydroxylation sites is 1. The Morgan fingerprint density at radius 2 is 1.82 bits per heavy atom. The van der Waals surface area contributed by atoms with Crippen LogP contribution in [0.5, 0.6) is 5.75 Å². The summed E-state index contributed by atoms with van der Waals surface area (Å²) >= 11 is 6.19. The maximum atomic E-state index is 13.2. The SMILES string of the molecule is CN1C[C@H](c2ccc(OCc3ccccc3Cl)cc2)[C@H]([N+](=O)[O-])[C@]12C(=O)Nc1ccccc12. The van der Waals surface area contributed by atoms with Crippen LogP contribution in [0.2, 0.25) is 5.02 Å². The van der Waals surface area contributed by atoms with Gasteiger partial charge in [-0.1, -0.05) is 60.1 Å². The summed E-state index contributed by atoms with van der Waals surface area (Å²) in [5, 5.41) is 15.9. The van der Waals surface area contributed by atoms with Gasteiger partial charge in [-0.25, -0.2) is 0 Å². The Hall–Kier alpha value is -3.42. The van der Waals surface area contributed by atoms with E-state index in [-0.39, 0.29) is 10.8 Å². The smallest absolute Gasteiger partial charge is 0.256 e. The molecule has 1 fully saturated rings. The molecule has 2 heterocycles. The van der Waals surface area contributed by atoms with Crippen LogP contribution in [0.1, 0.15) is 22.6 Å². The number of halogens is 1. The molecule has 2 aliphatic rings. The van der Waals surface area contributed by atoms with Gasteiger partial charge in [-0.2, -0.15) is 0 Å². The van der Waals surface area contributed by atoms with E-state index in [9.17, 15) is 14.9 Å². The molecule has 1 spiro atoms. The first-order valence-electron chi connectivity index (χ1n) is 10.6. The average Bonchev–Trinajstić information content (AvgIpc) is 3.29. The molecule has 1 N–H and O–H groups in total. The summed E-state index contributed by atoms with van der Waals surface area (Å²) in [5.74, 6) is -0.170. The number of nitrogens with one attached hydrogen (secondary N) is 1. The average molecular weight is 464 g/mol. The quantitative estimate of drug-likeness (QED) is 0.446. The van der Waals surface area contributed by atoms with E-state index in [1.165, 1.54) is 0 Å². The van der Waals surface area contributed by atoms with E-state index < -0.39 is 17.5 Å². The zero-order chi connectivity index (χ0) is 23.2. The number of likely N-dealkylation sites (N-methyl/N-ethyl adjacent to an activating group) is 1. The van der Waals surface area contributed by atoms with Gasteiger partial charge in [-0.3, -0.25) is 19.8 Å².